The molecule has 0 heterocycles. The van der Waals surface area contributed by atoms with Crippen LogP contribution >= 0.6 is 0 Å². The number of hydrogen-bond acceptors (Lipinski definition) is 6. The number of carbonyl (C=O) groups excluding carboxylic acids is 3. The van der Waals surface area contributed by atoms with Gasteiger partial charge in [0.2, 0.25) is 0 Å². The number of carbonyl (C=O) groups is 3. The molecule has 1 unspecified atom stereocenters. The highest BCUT2D eigenvalue weighted by molar-refractivity contribution is 5.71. The number of hydrogen-bond donors (Lipinski definition) is 0. The van der Waals surface area contributed by atoms with Crippen molar-refractivity contribution in [2.75, 3.05) is 13.2 Å². The monoisotopic (exact) mass is 1120 g/mol. The summed E-state index contributed by atoms with van der Waals surface area (Å²) in [6.45, 7) is 6.43. The summed E-state index contributed by atoms with van der Waals surface area (Å²) in [6, 6.07) is 0. The number of allylic oxidation sites excluding steroid dienone is 18. The van der Waals surface area contributed by atoms with Crippen LogP contribution in [0.15, 0.2) is 109 Å². The first-order valence-electron chi connectivity index (χ1n) is 34.4. The van der Waals surface area contributed by atoms with Gasteiger partial charge in [0.1, 0.15) is 13.2 Å². The van der Waals surface area contributed by atoms with Gasteiger partial charge in [-0.1, -0.05) is 297 Å². The highest BCUT2D eigenvalue weighted by atomic mass is 16.6. The fourth-order valence-electron chi connectivity index (χ4n) is 9.66. The fourth-order valence-corrected chi connectivity index (χ4v) is 9.66. The van der Waals surface area contributed by atoms with Crippen molar-refractivity contribution < 1.29 is 28.6 Å². The van der Waals surface area contributed by atoms with Crippen molar-refractivity contribution in [3.63, 3.8) is 0 Å². The van der Waals surface area contributed by atoms with Crippen LogP contribution in [0.1, 0.15) is 329 Å². The Hall–Kier alpha value is -3.93. The van der Waals surface area contributed by atoms with E-state index in [0.29, 0.717) is 19.3 Å². The maximum Gasteiger partial charge on any atom is 0.306 e. The van der Waals surface area contributed by atoms with Gasteiger partial charge in [-0.15, -0.1) is 0 Å². The molecule has 0 fully saturated rings. The van der Waals surface area contributed by atoms with Gasteiger partial charge < -0.3 is 14.2 Å². The molecule has 0 N–H and O–H groups in total. The zero-order valence-corrected chi connectivity index (χ0v) is 53.3. The van der Waals surface area contributed by atoms with Crippen molar-refractivity contribution in [2.24, 2.45) is 0 Å². The molecule has 0 amide bonds. The third kappa shape index (κ3) is 66.8. The van der Waals surface area contributed by atoms with Crippen molar-refractivity contribution in [3.8, 4) is 0 Å². The molecular weight excluding hydrogens is 997 g/mol. The molecule has 0 radical (unpaired) electrons. The fraction of sp³-hybridized carbons (Fsp3) is 0.720. The standard InChI is InChI=1S/C75H128O6/c1-4-7-10-13-16-19-22-25-28-31-34-36-37-39-41-44-47-50-53-56-59-62-65-68-74(77)80-71-72(70-79-73(76)67-64-61-58-55-52-49-46-43-40-33-30-27-24-21-18-15-12-9-6-3)81-75(78)69-66-63-60-57-54-51-48-45-42-38-35-32-29-26-23-20-17-14-11-8-5-2/h8-9,11-12,17-18,20-21,26-27,29-31,34-35,38,40,43,72H,4-7,10,13-16,19,22-25,28,32-33,36-37,39,41-42,44-71H2,1-3H3/b11-8-,12-9-,20-17-,21-18-,29-26-,30-27-,34-31-,38-35-,43-40-. The summed E-state index contributed by atoms with van der Waals surface area (Å²) < 4.78 is 17.0. The van der Waals surface area contributed by atoms with E-state index in [1.54, 1.807) is 0 Å². The van der Waals surface area contributed by atoms with E-state index in [4.69, 9.17) is 14.2 Å². The molecule has 81 heavy (non-hydrogen) atoms. The number of unbranched alkanes of at least 4 members (excludes halogenated alkanes) is 33. The second-order valence-electron chi connectivity index (χ2n) is 22.7. The van der Waals surface area contributed by atoms with Crippen LogP contribution in [-0.4, -0.2) is 37.2 Å². The van der Waals surface area contributed by atoms with Crippen LogP contribution in [0.2, 0.25) is 0 Å². The van der Waals surface area contributed by atoms with E-state index >= 15 is 0 Å². The maximum absolute atomic E-state index is 13.0. The normalized spacial score (nSPS) is 12.8. The van der Waals surface area contributed by atoms with Crippen LogP contribution < -0.4 is 0 Å². The molecule has 0 spiro atoms. The van der Waals surface area contributed by atoms with Crippen LogP contribution in [0.25, 0.3) is 0 Å². The van der Waals surface area contributed by atoms with Gasteiger partial charge in [-0.2, -0.15) is 0 Å². The first-order valence-corrected chi connectivity index (χ1v) is 34.4. The Labute approximate surface area is 501 Å². The minimum atomic E-state index is -0.793. The summed E-state index contributed by atoms with van der Waals surface area (Å²) in [4.78, 5) is 38.5. The van der Waals surface area contributed by atoms with Crippen molar-refractivity contribution in [1.82, 2.24) is 0 Å². The molecule has 1 atom stereocenters. The van der Waals surface area contributed by atoms with Crippen LogP contribution in [0.4, 0.5) is 0 Å². The van der Waals surface area contributed by atoms with E-state index in [1.807, 2.05) is 0 Å². The Morgan fingerprint density at radius 2 is 0.481 bits per heavy atom. The molecule has 6 heteroatoms. The van der Waals surface area contributed by atoms with E-state index in [9.17, 15) is 14.4 Å². The van der Waals surface area contributed by atoms with Gasteiger partial charge in [-0.05, 0) is 122 Å². The van der Waals surface area contributed by atoms with Crippen LogP contribution in [0.5, 0.6) is 0 Å². The number of ether oxygens (including phenoxy) is 3. The quantitative estimate of drug-likeness (QED) is 0.0261. The third-order valence-corrected chi connectivity index (χ3v) is 14.7. The molecule has 0 aromatic rings. The highest BCUT2D eigenvalue weighted by Crippen LogP contribution is 2.17. The third-order valence-electron chi connectivity index (χ3n) is 14.7. The zero-order chi connectivity index (χ0) is 58.5. The molecule has 0 aromatic heterocycles. The minimum Gasteiger partial charge on any atom is -0.462 e. The van der Waals surface area contributed by atoms with Crippen LogP contribution in [0, 0.1) is 0 Å². The first kappa shape index (κ1) is 77.1. The van der Waals surface area contributed by atoms with E-state index in [-0.39, 0.29) is 31.1 Å². The van der Waals surface area contributed by atoms with Gasteiger partial charge in [0.15, 0.2) is 6.10 Å². The summed E-state index contributed by atoms with van der Waals surface area (Å²) in [7, 11) is 0. The first-order chi connectivity index (χ1) is 40.0. The average Bonchev–Trinajstić information content (AvgIpc) is 3.47. The lowest BCUT2D eigenvalue weighted by atomic mass is 10.0. The molecule has 464 valence electrons. The van der Waals surface area contributed by atoms with Crippen LogP contribution in [-0.2, 0) is 28.6 Å². The number of esters is 3. The Morgan fingerprint density at radius 3 is 0.765 bits per heavy atom. The van der Waals surface area contributed by atoms with Crippen molar-refractivity contribution in [2.45, 2.75) is 335 Å². The maximum atomic E-state index is 13.0. The predicted molar refractivity (Wildman–Crippen MR) is 353 cm³/mol. The Balaban J connectivity index is 4.41. The molecule has 0 saturated carbocycles. The largest absolute Gasteiger partial charge is 0.462 e. The highest BCUT2D eigenvalue weighted by Gasteiger charge is 2.19. The molecule has 0 saturated heterocycles. The molecule has 0 bridgehead atoms. The van der Waals surface area contributed by atoms with Gasteiger partial charge in [0, 0.05) is 19.3 Å². The second-order valence-corrected chi connectivity index (χ2v) is 22.7. The number of rotatable bonds is 62. The molecular formula is C75H128O6. The second kappa shape index (κ2) is 68.6. The van der Waals surface area contributed by atoms with Gasteiger partial charge in [-0.25, -0.2) is 0 Å². The van der Waals surface area contributed by atoms with E-state index in [2.05, 4.69) is 130 Å². The van der Waals surface area contributed by atoms with E-state index in [0.717, 1.165) is 128 Å². The summed E-state index contributed by atoms with van der Waals surface area (Å²) in [5.41, 5.74) is 0. The van der Waals surface area contributed by atoms with Gasteiger partial charge in [0.05, 0.1) is 0 Å². The molecule has 0 aliphatic rings. The average molecular weight is 1130 g/mol. The molecule has 0 aliphatic heterocycles. The SMILES string of the molecule is CC/C=C\C/C=C\C/C=C\C/C=C\CCCCCCCCCCC(=O)OC(COC(=O)CCCCCCCC/C=C\C/C=C\C/C=C\C/C=C\CC)COC(=O)CCCCCCCCCCCCC/C=C\CCCCCCCCCC. The van der Waals surface area contributed by atoms with Gasteiger partial charge >= 0.3 is 17.9 Å². The molecule has 0 rings (SSSR count). The lowest BCUT2D eigenvalue weighted by molar-refractivity contribution is -0.167. The lowest BCUT2D eigenvalue weighted by Crippen LogP contribution is -2.30. The Morgan fingerprint density at radius 1 is 0.259 bits per heavy atom. The molecule has 0 aliphatic carbocycles. The summed E-state index contributed by atoms with van der Waals surface area (Å²) in [5.74, 6) is -0.897. The smallest absolute Gasteiger partial charge is 0.306 e. The lowest BCUT2D eigenvalue weighted by Gasteiger charge is -2.18. The summed E-state index contributed by atoms with van der Waals surface area (Å²) >= 11 is 0. The molecule has 0 aromatic carbocycles. The zero-order valence-electron chi connectivity index (χ0n) is 53.3. The summed E-state index contributed by atoms with van der Waals surface area (Å²) in [6.07, 6.45) is 93.8. The van der Waals surface area contributed by atoms with Crippen molar-refractivity contribution >= 4 is 17.9 Å². The Bertz CT molecular complexity index is 1620. The van der Waals surface area contributed by atoms with E-state index in [1.165, 1.54) is 161 Å². The minimum absolute atomic E-state index is 0.0862. The predicted octanol–water partition coefficient (Wildman–Crippen LogP) is 23.8. The van der Waals surface area contributed by atoms with Crippen LogP contribution in [0.3, 0.4) is 0 Å². The molecule has 6 nitrogen and oxygen atoms in total. The Kier molecular flexibility index (Phi) is 65.2. The van der Waals surface area contributed by atoms with Crippen molar-refractivity contribution in [3.05, 3.63) is 109 Å². The van der Waals surface area contributed by atoms with E-state index < -0.39 is 6.10 Å². The topological polar surface area (TPSA) is 78.9 Å². The van der Waals surface area contributed by atoms with Gasteiger partial charge in [0.25, 0.3) is 0 Å². The summed E-state index contributed by atoms with van der Waals surface area (Å²) in [5, 5.41) is 0. The van der Waals surface area contributed by atoms with Crippen molar-refractivity contribution in [1.29, 1.82) is 0 Å². The van der Waals surface area contributed by atoms with Gasteiger partial charge in [-0.3, -0.25) is 14.4 Å².